The van der Waals surface area contributed by atoms with Crippen LogP contribution in [0.25, 0.3) is 0 Å². The molecule has 0 atom stereocenters. The van der Waals surface area contributed by atoms with Gasteiger partial charge in [-0.1, -0.05) is 23.2 Å². The Morgan fingerprint density at radius 3 is 2.77 bits per heavy atom. The van der Waals surface area contributed by atoms with E-state index in [2.05, 4.69) is 5.32 Å². The lowest BCUT2D eigenvalue weighted by atomic mass is 9.81. The van der Waals surface area contributed by atoms with Gasteiger partial charge in [0.25, 0.3) is 5.91 Å². The van der Waals surface area contributed by atoms with Gasteiger partial charge in [-0.2, -0.15) is 0 Å². The first-order valence-electron chi connectivity index (χ1n) is 7.08. The van der Waals surface area contributed by atoms with Gasteiger partial charge in [-0.3, -0.25) is 4.79 Å². The molecule has 0 aliphatic carbocycles. The van der Waals surface area contributed by atoms with Crippen molar-refractivity contribution in [3.05, 3.63) is 28.2 Å². The van der Waals surface area contributed by atoms with Crippen molar-refractivity contribution in [2.45, 2.75) is 12.8 Å². The van der Waals surface area contributed by atoms with E-state index in [9.17, 15) is 9.90 Å². The minimum absolute atomic E-state index is 0.0254. The normalized spacial score (nSPS) is 17.0. The van der Waals surface area contributed by atoms with Crippen LogP contribution < -0.4 is 10.1 Å². The number of hydrogen-bond acceptors (Lipinski definition) is 4. The number of hydrogen-bond donors (Lipinski definition) is 2. The Kier molecular flexibility index (Phi) is 6.32. The molecule has 0 spiro atoms. The summed E-state index contributed by atoms with van der Waals surface area (Å²) in [6, 6.07) is 4.82. The van der Waals surface area contributed by atoms with Crippen LogP contribution in [0.5, 0.6) is 5.75 Å². The first kappa shape index (κ1) is 17.3. The zero-order chi connectivity index (χ0) is 16.0. The van der Waals surface area contributed by atoms with Crippen LogP contribution in [0.3, 0.4) is 0 Å². The highest BCUT2D eigenvalue weighted by Crippen LogP contribution is 2.29. The molecule has 0 unspecified atom stereocenters. The average molecular weight is 348 g/mol. The lowest BCUT2D eigenvalue weighted by Crippen LogP contribution is -2.44. The number of benzene rings is 1. The van der Waals surface area contributed by atoms with Crippen molar-refractivity contribution >= 4 is 29.1 Å². The fourth-order valence-electron chi connectivity index (χ4n) is 2.26. The third-order valence-electron chi connectivity index (χ3n) is 3.80. The van der Waals surface area contributed by atoms with Crippen molar-refractivity contribution in [1.82, 2.24) is 5.32 Å². The first-order valence-corrected chi connectivity index (χ1v) is 7.83. The SMILES string of the molecule is O=C(COc1cc(Cl)ccc1Cl)NCC1(CO)CCOCC1. The molecule has 1 aromatic rings. The van der Waals surface area contributed by atoms with Gasteiger partial charge in [0.05, 0.1) is 11.6 Å². The molecule has 1 heterocycles. The van der Waals surface area contributed by atoms with Crippen LogP contribution >= 0.6 is 23.2 Å². The summed E-state index contributed by atoms with van der Waals surface area (Å²) in [6.07, 6.45) is 1.45. The molecular formula is C15H19Cl2NO4. The van der Waals surface area contributed by atoms with Crippen LogP contribution in [0.4, 0.5) is 0 Å². The Balaban J connectivity index is 1.81. The molecule has 1 saturated heterocycles. The second kappa shape index (κ2) is 8.02. The highest BCUT2D eigenvalue weighted by Gasteiger charge is 2.32. The van der Waals surface area contributed by atoms with Crippen LogP contribution in [0.15, 0.2) is 18.2 Å². The summed E-state index contributed by atoms with van der Waals surface area (Å²) >= 11 is 11.8. The number of nitrogens with one attached hydrogen (secondary N) is 1. The van der Waals surface area contributed by atoms with Gasteiger partial charge in [0.15, 0.2) is 6.61 Å². The van der Waals surface area contributed by atoms with E-state index in [1.165, 1.54) is 0 Å². The standard InChI is InChI=1S/C15H19Cl2NO4/c16-11-1-2-12(17)13(7-11)22-8-14(20)18-9-15(10-19)3-5-21-6-4-15/h1-2,7,19H,3-6,8-10H2,(H,18,20). The molecule has 0 radical (unpaired) electrons. The highest BCUT2D eigenvalue weighted by molar-refractivity contribution is 6.34. The molecule has 7 heteroatoms. The van der Waals surface area contributed by atoms with E-state index < -0.39 is 0 Å². The molecule has 1 aliphatic rings. The predicted molar refractivity (Wildman–Crippen MR) is 84.5 cm³/mol. The molecule has 5 nitrogen and oxygen atoms in total. The quantitative estimate of drug-likeness (QED) is 0.828. The largest absolute Gasteiger partial charge is 0.482 e. The summed E-state index contributed by atoms with van der Waals surface area (Å²) in [5.74, 6) is 0.0996. The zero-order valence-corrected chi connectivity index (χ0v) is 13.6. The van der Waals surface area contributed by atoms with E-state index in [0.717, 1.165) is 12.8 Å². The fourth-order valence-corrected chi connectivity index (χ4v) is 2.60. The van der Waals surface area contributed by atoms with Crippen molar-refractivity contribution in [3.8, 4) is 5.75 Å². The van der Waals surface area contributed by atoms with E-state index in [1.807, 2.05) is 0 Å². The van der Waals surface area contributed by atoms with Crippen LogP contribution in [0.2, 0.25) is 10.0 Å². The monoisotopic (exact) mass is 347 g/mol. The Morgan fingerprint density at radius 2 is 2.09 bits per heavy atom. The van der Waals surface area contributed by atoms with Gasteiger partial charge < -0.3 is 19.9 Å². The van der Waals surface area contributed by atoms with E-state index in [4.69, 9.17) is 32.7 Å². The maximum absolute atomic E-state index is 11.9. The lowest BCUT2D eigenvalue weighted by Gasteiger charge is -2.35. The molecule has 22 heavy (non-hydrogen) atoms. The molecule has 1 aliphatic heterocycles. The topological polar surface area (TPSA) is 67.8 Å². The first-order chi connectivity index (χ1) is 10.5. The van der Waals surface area contributed by atoms with Crippen molar-refractivity contribution in [2.24, 2.45) is 5.41 Å². The Hall–Kier alpha value is -1.01. The van der Waals surface area contributed by atoms with Gasteiger partial charge in [0.1, 0.15) is 5.75 Å². The summed E-state index contributed by atoms with van der Waals surface area (Å²) in [4.78, 5) is 11.9. The molecule has 122 valence electrons. The molecule has 0 saturated carbocycles. The summed E-state index contributed by atoms with van der Waals surface area (Å²) in [5.41, 5.74) is -0.304. The number of rotatable bonds is 6. The third-order valence-corrected chi connectivity index (χ3v) is 4.35. The van der Waals surface area contributed by atoms with E-state index >= 15 is 0 Å². The van der Waals surface area contributed by atoms with E-state index in [-0.39, 0.29) is 24.5 Å². The van der Waals surface area contributed by atoms with Crippen LogP contribution in [0.1, 0.15) is 12.8 Å². The van der Waals surface area contributed by atoms with Gasteiger partial charge in [0.2, 0.25) is 0 Å². The highest BCUT2D eigenvalue weighted by atomic mass is 35.5. The van der Waals surface area contributed by atoms with Gasteiger partial charge in [0, 0.05) is 36.3 Å². The van der Waals surface area contributed by atoms with E-state index in [0.29, 0.717) is 35.6 Å². The van der Waals surface area contributed by atoms with Crippen LogP contribution in [0, 0.1) is 5.41 Å². The Bertz CT molecular complexity index is 518. The number of carbonyl (C=O) groups is 1. The summed E-state index contributed by atoms with van der Waals surface area (Å²) < 4.78 is 10.7. The zero-order valence-electron chi connectivity index (χ0n) is 12.1. The van der Waals surface area contributed by atoms with Crippen molar-refractivity contribution in [2.75, 3.05) is 33.0 Å². The minimum Gasteiger partial charge on any atom is -0.482 e. The Morgan fingerprint density at radius 1 is 1.36 bits per heavy atom. The molecular weight excluding hydrogens is 329 g/mol. The van der Waals surface area contributed by atoms with Gasteiger partial charge in [-0.25, -0.2) is 0 Å². The van der Waals surface area contributed by atoms with Gasteiger partial charge >= 0.3 is 0 Å². The summed E-state index contributed by atoms with van der Waals surface area (Å²) in [6.45, 7) is 1.48. The lowest BCUT2D eigenvalue weighted by molar-refractivity contribution is -0.124. The minimum atomic E-state index is -0.304. The average Bonchev–Trinajstić information content (AvgIpc) is 2.54. The molecule has 1 amide bonds. The van der Waals surface area contributed by atoms with Gasteiger partial charge in [-0.15, -0.1) is 0 Å². The number of halogens is 2. The predicted octanol–water partition coefficient (Wildman–Crippen LogP) is 2.28. The molecule has 0 bridgehead atoms. The number of aliphatic hydroxyl groups excluding tert-OH is 1. The van der Waals surface area contributed by atoms with Crippen LogP contribution in [-0.2, 0) is 9.53 Å². The number of aliphatic hydroxyl groups is 1. The summed E-state index contributed by atoms with van der Waals surface area (Å²) in [7, 11) is 0. The maximum Gasteiger partial charge on any atom is 0.257 e. The second-order valence-corrected chi connectivity index (χ2v) is 6.25. The third kappa shape index (κ3) is 4.74. The number of ether oxygens (including phenoxy) is 2. The number of amides is 1. The summed E-state index contributed by atoms with van der Waals surface area (Å²) in [5, 5.41) is 13.2. The molecule has 1 aromatic carbocycles. The van der Waals surface area contributed by atoms with Crippen LogP contribution in [-0.4, -0.2) is 44.0 Å². The van der Waals surface area contributed by atoms with Gasteiger partial charge in [-0.05, 0) is 25.0 Å². The second-order valence-electron chi connectivity index (χ2n) is 5.41. The molecule has 0 aromatic heterocycles. The van der Waals surface area contributed by atoms with E-state index in [1.54, 1.807) is 18.2 Å². The van der Waals surface area contributed by atoms with Crippen molar-refractivity contribution in [3.63, 3.8) is 0 Å². The molecule has 1 fully saturated rings. The Labute approximate surface area is 139 Å². The smallest absolute Gasteiger partial charge is 0.257 e. The fraction of sp³-hybridized carbons (Fsp3) is 0.533. The molecule has 2 N–H and O–H groups in total. The van der Waals surface area contributed by atoms with Crippen molar-refractivity contribution in [1.29, 1.82) is 0 Å². The maximum atomic E-state index is 11.9. The number of carbonyl (C=O) groups excluding carboxylic acids is 1. The molecule has 2 rings (SSSR count). The van der Waals surface area contributed by atoms with Crippen molar-refractivity contribution < 1.29 is 19.4 Å².